The standard InChI is InChI=1S/C18H15Br2N/c1-11-12(2)18(14-5-9-16(20)10-6-14)21-17(11)13-3-7-15(19)8-4-13/h3-10,21H,1-2H3. The molecule has 0 aliphatic rings. The lowest BCUT2D eigenvalue weighted by Crippen LogP contribution is -1.81. The Balaban J connectivity index is 2.11. The summed E-state index contributed by atoms with van der Waals surface area (Å²) in [6, 6.07) is 16.8. The van der Waals surface area contributed by atoms with Crippen LogP contribution in [0, 0.1) is 13.8 Å². The molecule has 3 heteroatoms. The zero-order valence-corrected chi connectivity index (χ0v) is 15.0. The molecular weight excluding hydrogens is 390 g/mol. The van der Waals surface area contributed by atoms with Gasteiger partial charge in [0.1, 0.15) is 0 Å². The molecule has 0 saturated carbocycles. The molecule has 0 aliphatic carbocycles. The highest BCUT2D eigenvalue weighted by atomic mass is 79.9. The summed E-state index contributed by atoms with van der Waals surface area (Å²) < 4.78 is 2.20. The Kier molecular flexibility index (Phi) is 4.05. The molecule has 1 heterocycles. The molecule has 0 saturated heterocycles. The zero-order chi connectivity index (χ0) is 15.0. The molecule has 0 atom stereocenters. The van der Waals surface area contributed by atoms with Gasteiger partial charge in [0.25, 0.3) is 0 Å². The van der Waals surface area contributed by atoms with Crippen molar-refractivity contribution >= 4 is 31.9 Å². The van der Waals surface area contributed by atoms with E-state index in [9.17, 15) is 0 Å². The summed E-state index contributed by atoms with van der Waals surface area (Å²) in [5.74, 6) is 0. The van der Waals surface area contributed by atoms with Crippen LogP contribution in [0.5, 0.6) is 0 Å². The first-order valence-corrected chi connectivity index (χ1v) is 8.36. The van der Waals surface area contributed by atoms with Gasteiger partial charge in [-0.2, -0.15) is 0 Å². The predicted molar refractivity (Wildman–Crippen MR) is 96.5 cm³/mol. The van der Waals surface area contributed by atoms with E-state index in [0.29, 0.717) is 0 Å². The molecule has 1 nitrogen and oxygen atoms in total. The van der Waals surface area contributed by atoms with Crippen molar-refractivity contribution in [2.45, 2.75) is 13.8 Å². The lowest BCUT2D eigenvalue weighted by molar-refractivity contribution is 1.37. The molecule has 0 aliphatic heterocycles. The number of halogens is 2. The molecule has 0 unspecified atom stereocenters. The minimum atomic E-state index is 1.10. The van der Waals surface area contributed by atoms with Gasteiger partial charge in [-0.15, -0.1) is 0 Å². The Morgan fingerprint density at radius 3 is 1.29 bits per heavy atom. The fourth-order valence-corrected chi connectivity index (χ4v) is 3.03. The second-order valence-corrected chi connectivity index (χ2v) is 6.97. The van der Waals surface area contributed by atoms with Crippen LogP contribution in [0.15, 0.2) is 57.5 Å². The number of hydrogen-bond donors (Lipinski definition) is 1. The van der Waals surface area contributed by atoms with Crippen LogP contribution in [0.4, 0.5) is 0 Å². The maximum atomic E-state index is 3.59. The molecule has 1 N–H and O–H groups in total. The van der Waals surface area contributed by atoms with Gasteiger partial charge in [-0.05, 0) is 60.4 Å². The van der Waals surface area contributed by atoms with E-state index in [-0.39, 0.29) is 0 Å². The van der Waals surface area contributed by atoms with E-state index in [1.54, 1.807) is 0 Å². The Labute approximate surface area is 141 Å². The van der Waals surface area contributed by atoms with E-state index in [1.165, 1.54) is 33.6 Å². The first-order valence-electron chi connectivity index (χ1n) is 6.77. The number of benzene rings is 2. The lowest BCUT2D eigenvalue weighted by atomic mass is 10.0. The van der Waals surface area contributed by atoms with Crippen LogP contribution < -0.4 is 0 Å². The summed E-state index contributed by atoms with van der Waals surface area (Å²) in [5, 5.41) is 0. The van der Waals surface area contributed by atoms with E-state index >= 15 is 0 Å². The van der Waals surface area contributed by atoms with Gasteiger partial charge in [0.2, 0.25) is 0 Å². The Hall–Kier alpha value is -1.32. The molecule has 1 aromatic heterocycles. The van der Waals surface area contributed by atoms with Gasteiger partial charge >= 0.3 is 0 Å². The Bertz CT molecular complexity index is 702. The summed E-state index contributed by atoms with van der Waals surface area (Å²) in [5.41, 5.74) is 7.41. The van der Waals surface area contributed by atoms with E-state index in [0.717, 1.165) is 8.95 Å². The Morgan fingerprint density at radius 2 is 0.952 bits per heavy atom. The Morgan fingerprint density at radius 1 is 0.619 bits per heavy atom. The monoisotopic (exact) mass is 403 g/mol. The number of nitrogens with one attached hydrogen (secondary N) is 1. The average molecular weight is 405 g/mol. The quantitative estimate of drug-likeness (QED) is 0.502. The van der Waals surface area contributed by atoms with Crippen molar-refractivity contribution in [2.75, 3.05) is 0 Å². The van der Waals surface area contributed by atoms with E-state index in [4.69, 9.17) is 0 Å². The number of hydrogen-bond acceptors (Lipinski definition) is 0. The minimum absolute atomic E-state index is 1.10. The largest absolute Gasteiger partial charge is 0.354 e. The second kappa shape index (κ2) is 5.82. The van der Waals surface area contributed by atoms with Gasteiger partial charge in [0.15, 0.2) is 0 Å². The van der Waals surface area contributed by atoms with Crippen LogP contribution in [0.25, 0.3) is 22.5 Å². The SMILES string of the molecule is Cc1c(-c2ccc(Br)cc2)[nH]c(-c2ccc(Br)cc2)c1C. The van der Waals surface area contributed by atoms with Crippen molar-refractivity contribution in [3.8, 4) is 22.5 Å². The molecule has 106 valence electrons. The van der Waals surface area contributed by atoms with Crippen LogP contribution in [-0.2, 0) is 0 Å². The minimum Gasteiger partial charge on any atom is -0.354 e. The van der Waals surface area contributed by atoms with E-state index < -0.39 is 0 Å². The first kappa shape index (κ1) is 14.6. The molecule has 3 aromatic rings. The predicted octanol–water partition coefficient (Wildman–Crippen LogP) is 6.49. The van der Waals surface area contributed by atoms with Crippen molar-refractivity contribution in [2.24, 2.45) is 0 Å². The normalized spacial score (nSPS) is 10.9. The molecule has 0 fully saturated rings. The smallest absolute Gasteiger partial charge is 0.0491 e. The summed E-state index contributed by atoms with van der Waals surface area (Å²) in [4.78, 5) is 3.59. The molecule has 0 bridgehead atoms. The van der Waals surface area contributed by atoms with Crippen LogP contribution in [0.1, 0.15) is 11.1 Å². The summed E-state index contributed by atoms with van der Waals surface area (Å²) in [6.07, 6.45) is 0. The van der Waals surface area contributed by atoms with Crippen LogP contribution in [0.2, 0.25) is 0 Å². The fraction of sp³-hybridized carbons (Fsp3) is 0.111. The highest BCUT2D eigenvalue weighted by Crippen LogP contribution is 2.33. The van der Waals surface area contributed by atoms with Crippen molar-refractivity contribution in [1.29, 1.82) is 0 Å². The lowest BCUT2D eigenvalue weighted by Gasteiger charge is -2.01. The topological polar surface area (TPSA) is 15.8 Å². The van der Waals surface area contributed by atoms with Gasteiger partial charge in [-0.25, -0.2) is 0 Å². The van der Waals surface area contributed by atoms with E-state index in [1.807, 2.05) is 0 Å². The third-order valence-corrected chi connectivity index (χ3v) is 4.89. The maximum Gasteiger partial charge on any atom is 0.0491 e. The molecular formula is C18H15Br2N. The van der Waals surface area contributed by atoms with Crippen LogP contribution in [-0.4, -0.2) is 4.98 Å². The molecule has 2 aromatic carbocycles. The maximum absolute atomic E-state index is 3.59. The van der Waals surface area contributed by atoms with Crippen LogP contribution >= 0.6 is 31.9 Å². The van der Waals surface area contributed by atoms with Gasteiger partial charge < -0.3 is 4.98 Å². The second-order valence-electron chi connectivity index (χ2n) is 5.14. The van der Waals surface area contributed by atoms with Gasteiger partial charge in [-0.1, -0.05) is 56.1 Å². The van der Waals surface area contributed by atoms with E-state index in [2.05, 4.69) is 99.2 Å². The van der Waals surface area contributed by atoms with Crippen LogP contribution in [0.3, 0.4) is 0 Å². The molecule has 3 rings (SSSR count). The zero-order valence-electron chi connectivity index (χ0n) is 11.9. The number of H-pyrrole nitrogens is 1. The van der Waals surface area contributed by atoms with Crippen molar-refractivity contribution < 1.29 is 0 Å². The van der Waals surface area contributed by atoms with Crippen molar-refractivity contribution in [3.05, 3.63) is 68.6 Å². The van der Waals surface area contributed by atoms with Gasteiger partial charge in [0.05, 0.1) is 0 Å². The van der Waals surface area contributed by atoms with Crippen molar-refractivity contribution in [1.82, 2.24) is 4.98 Å². The number of rotatable bonds is 2. The fourth-order valence-electron chi connectivity index (χ4n) is 2.50. The third kappa shape index (κ3) is 2.85. The number of aromatic nitrogens is 1. The summed E-state index contributed by atoms with van der Waals surface area (Å²) in [7, 11) is 0. The van der Waals surface area contributed by atoms with Crippen molar-refractivity contribution in [3.63, 3.8) is 0 Å². The molecule has 0 amide bonds. The van der Waals surface area contributed by atoms with Gasteiger partial charge in [0, 0.05) is 20.3 Å². The first-order chi connectivity index (χ1) is 10.1. The van der Waals surface area contributed by atoms with Gasteiger partial charge in [-0.3, -0.25) is 0 Å². The number of aromatic amines is 1. The third-order valence-electron chi connectivity index (χ3n) is 3.83. The molecule has 0 spiro atoms. The molecule has 0 radical (unpaired) electrons. The highest BCUT2D eigenvalue weighted by molar-refractivity contribution is 9.10. The molecule has 21 heavy (non-hydrogen) atoms. The highest BCUT2D eigenvalue weighted by Gasteiger charge is 2.13. The average Bonchev–Trinajstić information content (AvgIpc) is 2.78. The summed E-state index contributed by atoms with van der Waals surface area (Å²) >= 11 is 6.97. The summed E-state index contributed by atoms with van der Waals surface area (Å²) in [6.45, 7) is 4.34.